The van der Waals surface area contributed by atoms with Crippen molar-refractivity contribution in [3.63, 3.8) is 0 Å². The van der Waals surface area contributed by atoms with Gasteiger partial charge in [0.05, 0.1) is 17.4 Å². The van der Waals surface area contributed by atoms with Gasteiger partial charge in [0.15, 0.2) is 0 Å². The van der Waals surface area contributed by atoms with Crippen molar-refractivity contribution in [3.8, 4) is 0 Å². The summed E-state index contributed by atoms with van der Waals surface area (Å²) in [6.07, 6.45) is 11.0. The van der Waals surface area contributed by atoms with Crippen molar-refractivity contribution in [2.75, 3.05) is 6.54 Å². The molecular formula is C23H33N3O2. The molecule has 1 unspecified atom stereocenters. The topological polar surface area (TPSA) is 81.1 Å². The van der Waals surface area contributed by atoms with Crippen molar-refractivity contribution in [1.29, 1.82) is 0 Å². The predicted octanol–water partition coefficient (Wildman–Crippen LogP) is 4.23. The van der Waals surface area contributed by atoms with Gasteiger partial charge in [-0.2, -0.15) is 0 Å². The number of nitrogens with two attached hydrogens (primary N) is 1. The summed E-state index contributed by atoms with van der Waals surface area (Å²) >= 11 is 0. The van der Waals surface area contributed by atoms with E-state index in [1.165, 1.54) is 25.7 Å². The van der Waals surface area contributed by atoms with Gasteiger partial charge in [-0.05, 0) is 63.0 Å². The van der Waals surface area contributed by atoms with Crippen molar-refractivity contribution in [3.05, 3.63) is 54.1 Å². The minimum atomic E-state index is -0.874. The number of nitrogens with zero attached hydrogens (tertiary/aromatic N) is 2. The van der Waals surface area contributed by atoms with Crippen molar-refractivity contribution in [2.24, 2.45) is 17.1 Å². The third-order valence-electron chi connectivity index (χ3n) is 6.28. The molecule has 152 valence electrons. The van der Waals surface area contributed by atoms with Crippen molar-refractivity contribution < 1.29 is 9.90 Å². The zero-order valence-corrected chi connectivity index (χ0v) is 16.9. The first-order valence-electron chi connectivity index (χ1n) is 10.5. The van der Waals surface area contributed by atoms with Gasteiger partial charge < -0.3 is 15.4 Å². The number of carbonyl (C=O) groups is 1. The number of carboxylic acid groups (broad SMARTS) is 1. The molecule has 1 saturated carbocycles. The number of hydrogen-bond acceptors (Lipinski definition) is 3. The maximum atomic E-state index is 12.4. The molecule has 5 nitrogen and oxygen atoms in total. The Morgan fingerprint density at radius 3 is 2.57 bits per heavy atom. The van der Waals surface area contributed by atoms with Crippen LogP contribution >= 0.6 is 0 Å². The molecular weight excluding hydrogens is 350 g/mol. The number of rotatable bonds is 9. The van der Waals surface area contributed by atoms with E-state index in [1.54, 1.807) is 0 Å². The Balaban J connectivity index is 1.79. The molecule has 0 spiro atoms. The molecule has 1 aliphatic rings. The largest absolute Gasteiger partial charge is 0.481 e. The molecule has 2 aromatic rings. The van der Waals surface area contributed by atoms with E-state index in [-0.39, 0.29) is 0 Å². The standard InChI is InChI=1S/C23H33N3O2/c1-18-8-10-21(11-9-18)26-16-20(25-17-26)15-23(22(27)28,12-5-13-24)14-19-6-3-2-4-7-19/h2-4,6-7,16-18,21H,5,8-15,24H2,1H3,(H,27,28). The van der Waals surface area contributed by atoms with Crippen LogP contribution in [0.15, 0.2) is 42.9 Å². The second-order valence-electron chi connectivity index (χ2n) is 8.54. The summed E-state index contributed by atoms with van der Waals surface area (Å²) in [7, 11) is 0. The summed E-state index contributed by atoms with van der Waals surface area (Å²) in [5.41, 5.74) is 6.76. The van der Waals surface area contributed by atoms with E-state index < -0.39 is 11.4 Å². The molecule has 1 atom stereocenters. The summed E-state index contributed by atoms with van der Waals surface area (Å²) in [6, 6.07) is 10.4. The first-order chi connectivity index (χ1) is 13.5. The average molecular weight is 384 g/mol. The minimum absolute atomic E-state index is 0.438. The average Bonchev–Trinajstić information content (AvgIpc) is 3.15. The second kappa shape index (κ2) is 9.37. The fourth-order valence-corrected chi connectivity index (χ4v) is 4.48. The number of aromatic nitrogens is 2. The Bertz CT molecular complexity index is 750. The van der Waals surface area contributed by atoms with E-state index in [0.29, 0.717) is 38.3 Å². The third-order valence-corrected chi connectivity index (χ3v) is 6.28. The molecule has 0 bridgehead atoms. The van der Waals surface area contributed by atoms with E-state index in [9.17, 15) is 9.90 Å². The van der Waals surface area contributed by atoms with Gasteiger partial charge in [0.25, 0.3) is 0 Å². The van der Waals surface area contributed by atoms with E-state index in [2.05, 4.69) is 22.7 Å². The smallest absolute Gasteiger partial charge is 0.310 e. The molecule has 28 heavy (non-hydrogen) atoms. The third kappa shape index (κ3) is 5.02. The van der Waals surface area contributed by atoms with E-state index in [4.69, 9.17) is 5.73 Å². The van der Waals surface area contributed by atoms with Crippen molar-refractivity contribution >= 4 is 5.97 Å². The van der Waals surface area contributed by atoms with Gasteiger partial charge in [0.2, 0.25) is 0 Å². The molecule has 0 aliphatic heterocycles. The fourth-order valence-electron chi connectivity index (χ4n) is 4.48. The molecule has 1 heterocycles. The highest BCUT2D eigenvalue weighted by molar-refractivity contribution is 5.75. The normalized spacial score (nSPS) is 21.9. The molecule has 1 fully saturated rings. The van der Waals surface area contributed by atoms with Gasteiger partial charge >= 0.3 is 5.97 Å². The number of carboxylic acids is 1. The molecule has 5 heteroatoms. The van der Waals surface area contributed by atoms with Crippen LogP contribution in [0.3, 0.4) is 0 Å². The van der Waals surface area contributed by atoms with Gasteiger partial charge in [-0.25, -0.2) is 4.98 Å². The van der Waals surface area contributed by atoms with Gasteiger partial charge in [-0.3, -0.25) is 4.79 Å². The summed E-state index contributed by atoms with van der Waals surface area (Å²) in [4.78, 5) is 17.0. The van der Waals surface area contributed by atoms with Crippen LogP contribution in [0.4, 0.5) is 0 Å². The SMILES string of the molecule is CC1CCC(n2cnc(CC(CCCN)(Cc3ccccc3)C(=O)O)c2)CC1. The quantitative estimate of drug-likeness (QED) is 0.679. The van der Waals surface area contributed by atoms with E-state index in [0.717, 1.165) is 17.2 Å². The van der Waals surface area contributed by atoms with Crippen LogP contribution in [0.25, 0.3) is 0 Å². The number of imidazole rings is 1. The lowest BCUT2D eigenvalue weighted by atomic mass is 9.74. The lowest BCUT2D eigenvalue weighted by Crippen LogP contribution is -2.36. The van der Waals surface area contributed by atoms with Gasteiger partial charge in [0.1, 0.15) is 0 Å². The van der Waals surface area contributed by atoms with Gasteiger partial charge in [-0.15, -0.1) is 0 Å². The van der Waals surface area contributed by atoms with Crippen LogP contribution < -0.4 is 5.73 Å². The molecule has 0 radical (unpaired) electrons. The van der Waals surface area contributed by atoms with Gasteiger partial charge in [0, 0.05) is 18.7 Å². The molecule has 1 aromatic carbocycles. The highest BCUT2D eigenvalue weighted by Crippen LogP contribution is 2.35. The Kier molecular flexibility index (Phi) is 6.89. The molecule has 0 amide bonds. The number of benzene rings is 1. The Morgan fingerprint density at radius 1 is 1.21 bits per heavy atom. The maximum absolute atomic E-state index is 12.4. The monoisotopic (exact) mass is 383 g/mol. The summed E-state index contributed by atoms with van der Waals surface area (Å²) in [6.45, 7) is 2.82. The maximum Gasteiger partial charge on any atom is 0.310 e. The van der Waals surface area contributed by atoms with Crippen LogP contribution in [0, 0.1) is 11.3 Å². The molecule has 3 N–H and O–H groups in total. The second-order valence-corrected chi connectivity index (χ2v) is 8.54. The highest BCUT2D eigenvalue weighted by atomic mass is 16.4. The highest BCUT2D eigenvalue weighted by Gasteiger charge is 2.39. The summed E-state index contributed by atoms with van der Waals surface area (Å²) < 4.78 is 2.21. The molecule has 1 aromatic heterocycles. The van der Waals surface area contributed by atoms with Crippen LogP contribution in [-0.4, -0.2) is 27.2 Å². The van der Waals surface area contributed by atoms with E-state index >= 15 is 0 Å². The first kappa shape index (κ1) is 20.6. The molecule has 3 rings (SSSR count). The Labute approximate surface area is 168 Å². The lowest BCUT2D eigenvalue weighted by Gasteiger charge is -2.29. The Morgan fingerprint density at radius 2 is 1.93 bits per heavy atom. The summed E-state index contributed by atoms with van der Waals surface area (Å²) in [5, 5.41) is 10.2. The van der Waals surface area contributed by atoms with Crippen LogP contribution in [0.1, 0.15) is 62.7 Å². The first-order valence-corrected chi connectivity index (χ1v) is 10.5. The zero-order valence-electron chi connectivity index (χ0n) is 16.9. The van der Waals surface area contributed by atoms with Crippen molar-refractivity contribution in [1.82, 2.24) is 9.55 Å². The molecule has 1 aliphatic carbocycles. The van der Waals surface area contributed by atoms with E-state index in [1.807, 2.05) is 36.7 Å². The zero-order chi connectivity index (χ0) is 20.0. The molecule has 0 saturated heterocycles. The van der Waals surface area contributed by atoms with Crippen LogP contribution in [0.5, 0.6) is 0 Å². The number of hydrogen-bond donors (Lipinski definition) is 2. The lowest BCUT2D eigenvalue weighted by molar-refractivity contribution is -0.149. The van der Waals surface area contributed by atoms with Crippen LogP contribution in [-0.2, 0) is 17.6 Å². The number of aliphatic carboxylic acids is 1. The van der Waals surface area contributed by atoms with Crippen LogP contribution in [0.2, 0.25) is 0 Å². The van der Waals surface area contributed by atoms with Crippen molar-refractivity contribution in [2.45, 2.75) is 64.3 Å². The van der Waals surface area contributed by atoms with Gasteiger partial charge in [-0.1, -0.05) is 37.3 Å². The summed E-state index contributed by atoms with van der Waals surface area (Å²) in [5.74, 6) is 0.0480. The predicted molar refractivity (Wildman–Crippen MR) is 111 cm³/mol. The minimum Gasteiger partial charge on any atom is -0.481 e. The fraction of sp³-hybridized carbons (Fsp3) is 0.565. The Hall–Kier alpha value is -2.14.